The van der Waals surface area contributed by atoms with Crippen molar-refractivity contribution in [3.8, 4) is 6.07 Å². The molecule has 0 atom stereocenters. The van der Waals surface area contributed by atoms with Gasteiger partial charge in [-0.05, 0) is 25.5 Å². The molecule has 0 saturated carbocycles. The van der Waals surface area contributed by atoms with E-state index in [4.69, 9.17) is 11.0 Å². The zero-order valence-electron chi connectivity index (χ0n) is 7.48. The van der Waals surface area contributed by atoms with E-state index in [-0.39, 0.29) is 5.69 Å². The minimum Gasteiger partial charge on any atom is -0.396 e. The van der Waals surface area contributed by atoms with E-state index in [2.05, 4.69) is 4.98 Å². The molecule has 2 N–H and O–H groups in total. The molecule has 0 radical (unpaired) electrons. The van der Waals surface area contributed by atoms with Crippen LogP contribution in [0.25, 0.3) is 0 Å². The first-order valence-electron chi connectivity index (χ1n) is 3.67. The standard InChI is InChI=1S/C8H10N3OP/c1-13(2,12)8-4-3-6(10)7(5-9)11-8/h3-4H,10H2,1-2H3. The third-order valence-electron chi connectivity index (χ3n) is 1.57. The van der Waals surface area contributed by atoms with Crippen LogP contribution in [0.2, 0.25) is 0 Å². The Balaban J connectivity index is 3.32. The van der Waals surface area contributed by atoms with Crippen LogP contribution in [0.1, 0.15) is 5.69 Å². The van der Waals surface area contributed by atoms with Gasteiger partial charge in [-0.3, -0.25) is 0 Å². The summed E-state index contributed by atoms with van der Waals surface area (Å²) in [6.45, 7) is 3.21. The predicted octanol–water partition coefficient (Wildman–Crippen LogP) is 0.783. The average Bonchev–Trinajstić information content (AvgIpc) is 2.03. The second kappa shape index (κ2) is 3.20. The lowest BCUT2D eigenvalue weighted by Gasteiger charge is -2.06. The Labute approximate surface area is 76.8 Å². The van der Waals surface area contributed by atoms with Crippen molar-refractivity contribution in [2.45, 2.75) is 0 Å². The van der Waals surface area contributed by atoms with E-state index in [1.54, 1.807) is 25.5 Å². The monoisotopic (exact) mass is 195 g/mol. The van der Waals surface area contributed by atoms with Crippen molar-refractivity contribution < 1.29 is 4.57 Å². The fourth-order valence-electron chi connectivity index (χ4n) is 0.849. The van der Waals surface area contributed by atoms with Crippen LogP contribution in [0.4, 0.5) is 5.69 Å². The summed E-state index contributed by atoms with van der Waals surface area (Å²) < 4.78 is 11.6. The molecule has 0 saturated heterocycles. The molecular formula is C8H10N3OP. The molecule has 1 heterocycles. The summed E-state index contributed by atoms with van der Waals surface area (Å²) in [5.74, 6) is 0. The summed E-state index contributed by atoms with van der Waals surface area (Å²) in [6, 6.07) is 5.00. The molecule has 0 aliphatic carbocycles. The number of pyridine rings is 1. The van der Waals surface area contributed by atoms with Crippen molar-refractivity contribution in [3.63, 3.8) is 0 Å². The number of nitrogens with zero attached hydrogens (tertiary/aromatic N) is 2. The van der Waals surface area contributed by atoms with Gasteiger partial charge in [-0.2, -0.15) is 5.26 Å². The van der Waals surface area contributed by atoms with E-state index in [9.17, 15) is 4.57 Å². The normalized spacial score (nSPS) is 10.8. The molecule has 0 fully saturated rings. The highest BCUT2D eigenvalue weighted by atomic mass is 31.2. The van der Waals surface area contributed by atoms with Gasteiger partial charge in [0.05, 0.1) is 5.69 Å². The van der Waals surface area contributed by atoms with Gasteiger partial charge in [0.25, 0.3) is 0 Å². The molecule has 13 heavy (non-hydrogen) atoms. The highest BCUT2D eigenvalue weighted by Gasteiger charge is 2.14. The molecule has 0 aromatic carbocycles. The highest BCUT2D eigenvalue weighted by Crippen LogP contribution is 2.33. The number of hydrogen-bond donors (Lipinski definition) is 1. The Hall–Kier alpha value is -1.33. The minimum absolute atomic E-state index is 0.140. The molecule has 0 spiro atoms. The smallest absolute Gasteiger partial charge is 0.164 e. The summed E-state index contributed by atoms with van der Waals surface area (Å²) in [5.41, 5.74) is 6.37. The van der Waals surface area contributed by atoms with Crippen LogP contribution in [0, 0.1) is 11.3 Å². The maximum atomic E-state index is 11.6. The van der Waals surface area contributed by atoms with Crippen molar-refractivity contribution in [1.29, 1.82) is 5.26 Å². The maximum Gasteiger partial charge on any atom is 0.164 e. The number of anilines is 1. The van der Waals surface area contributed by atoms with Crippen molar-refractivity contribution in [2.75, 3.05) is 19.1 Å². The zero-order valence-corrected chi connectivity index (χ0v) is 8.38. The second-order valence-corrected chi connectivity index (χ2v) is 6.23. The lowest BCUT2D eigenvalue weighted by Crippen LogP contribution is -2.11. The van der Waals surface area contributed by atoms with Crippen LogP contribution >= 0.6 is 7.14 Å². The molecule has 0 bridgehead atoms. The first kappa shape index (κ1) is 9.76. The van der Waals surface area contributed by atoms with Crippen molar-refractivity contribution >= 4 is 18.3 Å². The average molecular weight is 195 g/mol. The molecule has 5 heteroatoms. The van der Waals surface area contributed by atoms with E-state index < -0.39 is 7.14 Å². The number of nitrogen functional groups attached to an aromatic ring is 1. The molecule has 0 amide bonds. The molecule has 68 valence electrons. The Kier molecular flexibility index (Phi) is 2.40. The third kappa shape index (κ3) is 2.07. The quantitative estimate of drug-likeness (QED) is 0.671. The Morgan fingerprint density at radius 2 is 2.15 bits per heavy atom. The number of hydrogen-bond acceptors (Lipinski definition) is 4. The largest absolute Gasteiger partial charge is 0.396 e. The fraction of sp³-hybridized carbons (Fsp3) is 0.250. The van der Waals surface area contributed by atoms with Crippen molar-refractivity contribution in [1.82, 2.24) is 4.98 Å². The van der Waals surface area contributed by atoms with Gasteiger partial charge in [0.2, 0.25) is 0 Å². The van der Waals surface area contributed by atoms with Gasteiger partial charge in [-0.25, -0.2) is 4.98 Å². The number of nitriles is 1. The van der Waals surface area contributed by atoms with Gasteiger partial charge in [-0.15, -0.1) is 0 Å². The molecule has 1 aromatic heterocycles. The minimum atomic E-state index is -2.40. The molecule has 0 unspecified atom stereocenters. The predicted molar refractivity (Wildman–Crippen MR) is 52.5 cm³/mol. The van der Waals surface area contributed by atoms with E-state index in [1.807, 2.05) is 6.07 Å². The van der Waals surface area contributed by atoms with E-state index in [1.165, 1.54) is 0 Å². The first-order chi connectivity index (χ1) is 5.95. The van der Waals surface area contributed by atoms with Crippen LogP contribution in [0.15, 0.2) is 12.1 Å². The van der Waals surface area contributed by atoms with Gasteiger partial charge in [0.15, 0.2) is 5.69 Å². The van der Waals surface area contributed by atoms with Crippen LogP contribution in [-0.4, -0.2) is 18.3 Å². The van der Waals surface area contributed by atoms with E-state index in [0.717, 1.165) is 0 Å². The Morgan fingerprint density at radius 3 is 2.62 bits per heavy atom. The fourth-order valence-corrected chi connectivity index (χ4v) is 1.62. The Bertz CT molecular complexity index is 416. The molecule has 0 aliphatic heterocycles. The maximum absolute atomic E-state index is 11.6. The summed E-state index contributed by atoms with van der Waals surface area (Å²) in [4.78, 5) is 3.91. The van der Waals surface area contributed by atoms with Gasteiger partial charge < -0.3 is 10.3 Å². The van der Waals surface area contributed by atoms with Gasteiger partial charge in [0.1, 0.15) is 18.6 Å². The lowest BCUT2D eigenvalue weighted by molar-refractivity contribution is 0.588. The molecular weight excluding hydrogens is 185 g/mol. The van der Waals surface area contributed by atoms with Crippen molar-refractivity contribution in [3.05, 3.63) is 17.8 Å². The summed E-state index contributed by atoms with van der Waals surface area (Å²) in [5, 5.41) is 8.63. The molecule has 1 aromatic rings. The number of aromatic nitrogens is 1. The van der Waals surface area contributed by atoms with Crippen LogP contribution in [0.5, 0.6) is 0 Å². The van der Waals surface area contributed by atoms with Crippen LogP contribution in [0.3, 0.4) is 0 Å². The van der Waals surface area contributed by atoms with Crippen molar-refractivity contribution in [2.24, 2.45) is 0 Å². The number of rotatable bonds is 1. The topological polar surface area (TPSA) is 79.8 Å². The SMILES string of the molecule is CP(C)(=O)c1ccc(N)c(C#N)n1. The lowest BCUT2D eigenvalue weighted by atomic mass is 10.3. The first-order valence-corrected chi connectivity index (χ1v) is 6.27. The van der Waals surface area contributed by atoms with Gasteiger partial charge in [-0.1, -0.05) is 0 Å². The zero-order chi connectivity index (χ0) is 10.1. The summed E-state index contributed by atoms with van der Waals surface area (Å²) in [6.07, 6.45) is 0. The molecule has 0 aliphatic rings. The van der Waals surface area contributed by atoms with Gasteiger partial charge >= 0.3 is 0 Å². The third-order valence-corrected chi connectivity index (χ3v) is 2.92. The molecule has 4 nitrogen and oxygen atoms in total. The van der Waals surface area contributed by atoms with E-state index in [0.29, 0.717) is 11.1 Å². The summed E-state index contributed by atoms with van der Waals surface area (Å²) in [7, 11) is -2.40. The van der Waals surface area contributed by atoms with E-state index >= 15 is 0 Å². The van der Waals surface area contributed by atoms with Crippen LogP contribution < -0.4 is 11.2 Å². The second-order valence-electron chi connectivity index (χ2n) is 3.07. The summed E-state index contributed by atoms with van der Waals surface area (Å²) >= 11 is 0. The number of nitrogens with two attached hydrogens (primary N) is 1. The molecule has 1 rings (SSSR count). The highest BCUT2D eigenvalue weighted by molar-refractivity contribution is 7.69. The van der Waals surface area contributed by atoms with Crippen LogP contribution in [-0.2, 0) is 4.57 Å². The Morgan fingerprint density at radius 1 is 1.54 bits per heavy atom. The van der Waals surface area contributed by atoms with Gasteiger partial charge in [0, 0.05) is 0 Å².